The van der Waals surface area contributed by atoms with Crippen molar-refractivity contribution in [2.24, 2.45) is 0 Å². The summed E-state index contributed by atoms with van der Waals surface area (Å²) in [5.74, 6) is 0.474. The number of nitrogens with zero attached hydrogens (tertiary/aromatic N) is 6. The Hall–Kier alpha value is -2.51. The summed E-state index contributed by atoms with van der Waals surface area (Å²) >= 11 is 5.86. The van der Waals surface area contributed by atoms with Crippen LogP contribution in [0.15, 0.2) is 36.8 Å². The minimum atomic E-state index is -3.80. The van der Waals surface area contributed by atoms with E-state index in [1.807, 2.05) is 6.07 Å². The SMILES string of the molecule is COCC(COC)n1c(CS(=O)(=O)[C@@H](C)[C@H](OC)c2ncc(Cl)cn2)nnc1-c1ccccn1. The van der Waals surface area contributed by atoms with Crippen LogP contribution < -0.4 is 0 Å². The third-order valence-electron chi connectivity index (χ3n) is 5.22. The standard InChI is InChI=1S/C21H27ClN6O5S/c1-14(19(33-4)20-24-9-15(22)10-25-20)34(29,30)13-18-26-27-21(17-7-5-6-8-23-17)28(18)16(11-31-2)12-32-3/h5-10,14,16,19H,11-13H2,1-4H3/t14-,19-/m0/s1. The molecule has 0 aliphatic carbocycles. The van der Waals surface area contributed by atoms with Crippen molar-refractivity contribution in [1.82, 2.24) is 29.7 Å². The van der Waals surface area contributed by atoms with Crippen LogP contribution >= 0.6 is 11.6 Å². The lowest BCUT2D eigenvalue weighted by molar-refractivity contribution is 0.0887. The van der Waals surface area contributed by atoms with Crippen molar-refractivity contribution >= 4 is 21.4 Å². The average molecular weight is 511 g/mol. The highest BCUT2D eigenvalue weighted by Crippen LogP contribution is 2.28. The number of hydrogen-bond acceptors (Lipinski definition) is 10. The summed E-state index contributed by atoms with van der Waals surface area (Å²) in [6, 6.07) is 5.00. The fraction of sp³-hybridized carbons (Fsp3) is 0.476. The van der Waals surface area contributed by atoms with Gasteiger partial charge in [0, 0.05) is 39.9 Å². The fourth-order valence-corrected chi connectivity index (χ4v) is 5.06. The van der Waals surface area contributed by atoms with Crippen molar-refractivity contribution in [3.8, 4) is 11.5 Å². The van der Waals surface area contributed by atoms with E-state index in [0.29, 0.717) is 16.5 Å². The topological polar surface area (TPSA) is 131 Å². The number of aromatic nitrogens is 6. The minimum absolute atomic E-state index is 0.218. The number of methoxy groups -OCH3 is 3. The number of halogens is 1. The Kier molecular flexibility index (Phi) is 9.03. The van der Waals surface area contributed by atoms with Gasteiger partial charge in [0.05, 0.1) is 29.5 Å². The van der Waals surface area contributed by atoms with Gasteiger partial charge in [0.25, 0.3) is 0 Å². The Labute approximate surface area is 203 Å². The Morgan fingerprint density at radius 3 is 2.26 bits per heavy atom. The zero-order valence-corrected chi connectivity index (χ0v) is 20.9. The van der Waals surface area contributed by atoms with Crippen LogP contribution in [-0.2, 0) is 29.8 Å². The molecule has 0 aromatic carbocycles. The second-order valence-corrected chi connectivity index (χ2v) is 10.3. The summed E-state index contributed by atoms with van der Waals surface area (Å²) in [5.41, 5.74) is 0.549. The summed E-state index contributed by atoms with van der Waals surface area (Å²) in [5, 5.41) is 7.82. The van der Waals surface area contributed by atoms with Gasteiger partial charge in [-0.2, -0.15) is 0 Å². The van der Waals surface area contributed by atoms with Gasteiger partial charge in [-0.3, -0.25) is 4.98 Å². The van der Waals surface area contributed by atoms with Gasteiger partial charge in [0.15, 0.2) is 21.5 Å². The average Bonchev–Trinajstić information content (AvgIpc) is 3.23. The van der Waals surface area contributed by atoms with E-state index >= 15 is 0 Å². The molecule has 0 N–H and O–H groups in total. The molecule has 13 heteroatoms. The quantitative estimate of drug-likeness (QED) is 0.357. The van der Waals surface area contributed by atoms with E-state index in [2.05, 4.69) is 25.1 Å². The maximum atomic E-state index is 13.5. The summed E-state index contributed by atoms with van der Waals surface area (Å²) in [4.78, 5) is 12.6. The Morgan fingerprint density at radius 1 is 1.03 bits per heavy atom. The summed E-state index contributed by atoms with van der Waals surface area (Å²) in [7, 11) is 0.719. The van der Waals surface area contributed by atoms with E-state index < -0.39 is 26.9 Å². The molecule has 0 unspecified atom stereocenters. The van der Waals surface area contributed by atoms with Gasteiger partial charge in [-0.15, -0.1) is 10.2 Å². The first-order valence-corrected chi connectivity index (χ1v) is 12.5. The lowest BCUT2D eigenvalue weighted by atomic mass is 10.2. The van der Waals surface area contributed by atoms with Gasteiger partial charge in [-0.1, -0.05) is 17.7 Å². The fourth-order valence-electron chi connectivity index (χ4n) is 3.53. The smallest absolute Gasteiger partial charge is 0.183 e. The van der Waals surface area contributed by atoms with Crippen molar-refractivity contribution in [3.05, 3.63) is 53.5 Å². The van der Waals surface area contributed by atoms with E-state index in [4.69, 9.17) is 25.8 Å². The van der Waals surface area contributed by atoms with E-state index in [1.54, 1.807) is 44.0 Å². The molecule has 34 heavy (non-hydrogen) atoms. The molecule has 0 saturated heterocycles. The Bertz CT molecular complexity index is 1150. The molecule has 0 bridgehead atoms. The van der Waals surface area contributed by atoms with Gasteiger partial charge >= 0.3 is 0 Å². The predicted molar refractivity (Wildman–Crippen MR) is 125 cm³/mol. The van der Waals surface area contributed by atoms with Crippen LogP contribution in [0, 0.1) is 0 Å². The minimum Gasteiger partial charge on any atom is -0.382 e. The maximum absolute atomic E-state index is 13.5. The molecule has 0 amide bonds. The van der Waals surface area contributed by atoms with Gasteiger partial charge < -0.3 is 18.8 Å². The molecule has 11 nitrogen and oxygen atoms in total. The van der Waals surface area contributed by atoms with Gasteiger partial charge in [0.2, 0.25) is 0 Å². The third-order valence-corrected chi connectivity index (χ3v) is 7.45. The van der Waals surface area contributed by atoms with Crippen LogP contribution in [0.1, 0.15) is 30.7 Å². The molecule has 3 aromatic rings. The van der Waals surface area contributed by atoms with E-state index in [1.165, 1.54) is 19.5 Å². The Morgan fingerprint density at radius 2 is 1.71 bits per heavy atom. The molecule has 3 heterocycles. The first-order valence-electron chi connectivity index (χ1n) is 10.4. The van der Waals surface area contributed by atoms with Crippen LogP contribution in [0.3, 0.4) is 0 Å². The van der Waals surface area contributed by atoms with Crippen molar-refractivity contribution in [2.75, 3.05) is 34.5 Å². The highest BCUT2D eigenvalue weighted by atomic mass is 35.5. The largest absolute Gasteiger partial charge is 0.382 e. The van der Waals surface area contributed by atoms with Crippen molar-refractivity contribution < 1.29 is 22.6 Å². The molecule has 0 spiro atoms. The molecule has 0 aliphatic rings. The lowest BCUT2D eigenvalue weighted by Crippen LogP contribution is -2.31. The van der Waals surface area contributed by atoms with Crippen molar-refractivity contribution in [3.63, 3.8) is 0 Å². The Balaban J connectivity index is 1.99. The van der Waals surface area contributed by atoms with Crippen molar-refractivity contribution in [2.45, 2.75) is 30.1 Å². The van der Waals surface area contributed by atoms with Crippen LogP contribution in [0.5, 0.6) is 0 Å². The second-order valence-electron chi connectivity index (χ2n) is 7.52. The maximum Gasteiger partial charge on any atom is 0.183 e. The molecular formula is C21H27ClN6O5S. The molecule has 0 radical (unpaired) electrons. The molecule has 184 valence electrons. The predicted octanol–water partition coefficient (Wildman–Crippen LogP) is 2.31. The molecule has 3 rings (SSSR count). The number of hydrogen-bond donors (Lipinski definition) is 0. The summed E-state index contributed by atoms with van der Waals surface area (Å²) in [6.45, 7) is 2.06. The van der Waals surface area contributed by atoms with Gasteiger partial charge in [0.1, 0.15) is 23.4 Å². The number of pyridine rings is 1. The van der Waals surface area contributed by atoms with E-state index in [9.17, 15) is 8.42 Å². The first-order chi connectivity index (χ1) is 16.3. The molecule has 0 saturated carbocycles. The molecule has 0 fully saturated rings. The van der Waals surface area contributed by atoms with Gasteiger partial charge in [-0.05, 0) is 19.1 Å². The highest BCUT2D eigenvalue weighted by molar-refractivity contribution is 7.91. The number of rotatable bonds is 12. The number of ether oxygens (including phenoxy) is 3. The normalized spacial score (nSPS) is 13.8. The van der Waals surface area contributed by atoms with Crippen molar-refractivity contribution in [1.29, 1.82) is 0 Å². The zero-order chi connectivity index (χ0) is 24.7. The van der Waals surface area contributed by atoms with Crippen LogP contribution in [0.2, 0.25) is 5.02 Å². The summed E-state index contributed by atoms with van der Waals surface area (Å²) < 4.78 is 44.8. The highest BCUT2D eigenvalue weighted by Gasteiger charge is 2.35. The van der Waals surface area contributed by atoms with Crippen LogP contribution in [0.4, 0.5) is 0 Å². The summed E-state index contributed by atoms with van der Waals surface area (Å²) in [6.07, 6.45) is 3.52. The first kappa shape index (κ1) is 26.1. The van der Waals surface area contributed by atoms with Crippen LogP contribution in [0.25, 0.3) is 11.5 Å². The molecule has 2 atom stereocenters. The number of sulfone groups is 1. The third kappa shape index (κ3) is 5.94. The van der Waals surface area contributed by atoms with E-state index in [0.717, 1.165) is 0 Å². The molecular weight excluding hydrogens is 484 g/mol. The molecule has 3 aromatic heterocycles. The van der Waals surface area contributed by atoms with Gasteiger partial charge in [-0.25, -0.2) is 18.4 Å². The zero-order valence-electron chi connectivity index (χ0n) is 19.3. The lowest BCUT2D eigenvalue weighted by Gasteiger charge is -2.23. The van der Waals surface area contributed by atoms with E-state index in [-0.39, 0.29) is 30.9 Å². The second kappa shape index (κ2) is 11.8. The monoisotopic (exact) mass is 510 g/mol. The van der Waals surface area contributed by atoms with Crippen LogP contribution in [-0.4, -0.2) is 77.9 Å². The molecule has 0 aliphatic heterocycles.